The molecule has 1 aliphatic heterocycles. The summed E-state index contributed by atoms with van der Waals surface area (Å²) >= 11 is 0. The Morgan fingerprint density at radius 1 is 1.22 bits per heavy atom. The van der Waals surface area contributed by atoms with Gasteiger partial charge in [0.1, 0.15) is 5.75 Å². The molecule has 98 valence electrons. The number of para-hydroxylation sites is 1. The highest BCUT2D eigenvalue weighted by Gasteiger charge is 2.17. The average molecular weight is 249 g/mol. The molecule has 4 nitrogen and oxygen atoms in total. The summed E-state index contributed by atoms with van der Waals surface area (Å²) in [5, 5.41) is 9.16. The number of hydrogen-bond donors (Lipinski definition) is 1. The molecule has 1 aliphatic rings. The van der Waals surface area contributed by atoms with Crippen LogP contribution in [0, 0.1) is 0 Å². The zero-order chi connectivity index (χ0) is 12.8. The fourth-order valence-electron chi connectivity index (χ4n) is 2.15. The molecule has 1 amide bonds. The number of benzene rings is 1. The zero-order valence-electron chi connectivity index (χ0n) is 10.5. The molecule has 4 heteroatoms. The number of hydrogen-bond acceptors (Lipinski definition) is 3. The zero-order valence-corrected chi connectivity index (χ0v) is 10.5. The highest BCUT2D eigenvalue weighted by Crippen LogP contribution is 2.18. The van der Waals surface area contributed by atoms with E-state index < -0.39 is 0 Å². The number of likely N-dealkylation sites (tertiary alicyclic amines) is 1. The van der Waals surface area contributed by atoms with Gasteiger partial charge in [0.15, 0.2) is 6.61 Å². The number of carbonyl (C=O) groups is 1. The van der Waals surface area contributed by atoms with Crippen LogP contribution < -0.4 is 4.74 Å². The van der Waals surface area contributed by atoms with Gasteiger partial charge in [-0.05, 0) is 25.3 Å². The molecule has 0 spiro atoms. The minimum atomic E-state index is -0.0753. The molecular formula is C14H19NO3. The van der Waals surface area contributed by atoms with Crippen LogP contribution in [0.4, 0.5) is 0 Å². The van der Waals surface area contributed by atoms with Gasteiger partial charge in [-0.25, -0.2) is 0 Å². The van der Waals surface area contributed by atoms with E-state index in [1.807, 2.05) is 17.0 Å². The van der Waals surface area contributed by atoms with Crippen LogP contribution in [0.2, 0.25) is 0 Å². The summed E-state index contributed by atoms with van der Waals surface area (Å²) in [5.41, 5.74) is 0.712. The van der Waals surface area contributed by atoms with Crippen molar-refractivity contribution in [3.05, 3.63) is 29.8 Å². The molecule has 18 heavy (non-hydrogen) atoms. The van der Waals surface area contributed by atoms with Gasteiger partial charge in [-0.1, -0.05) is 18.2 Å². The summed E-state index contributed by atoms with van der Waals surface area (Å²) < 4.78 is 5.49. The first-order valence-electron chi connectivity index (χ1n) is 6.40. The Morgan fingerprint density at radius 3 is 2.67 bits per heavy atom. The Hall–Kier alpha value is -1.55. The van der Waals surface area contributed by atoms with Crippen molar-refractivity contribution in [2.45, 2.75) is 25.9 Å². The van der Waals surface area contributed by atoms with Gasteiger partial charge >= 0.3 is 0 Å². The molecule has 0 aromatic heterocycles. The van der Waals surface area contributed by atoms with Gasteiger partial charge < -0.3 is 14.7 Å². The number of piperidine rings is 1. The molecule has 0 unspecified atom stereocenters. The predicted molar refractivity (Wildman–Crippen MR) is 68.3 cm³/mol. The number of rotatable bonds is 4. The first-order chi connectivity index (χ1) is 8.81. The normalized spacial score (nSPS) is 15.5. The van der Waals surface area contributed by atoms with Crippen LogP contribution >= 0.6 is 0 Å². The molecule has 1 N–H and O–H groups in total. The van der Waals surface area contributed by atoms with Crippen molar-refractivity contribution in [2.75, 3.05) is 19.7 Å². The highest BCUT2D eigenvalue weighted by molar-refractivity contribution is 5.77. The van der Waals surface area contributed by atoms with Gasteiger partial charge in [0.25, 0.3) is 5.91 Å². The van der Waals surface area contributed by atoms with Crippen LogP contribution in [0.15, 0.2) is 24.3 Å². The molecule has 1 heterocycles. The third-order valence-corrected chi connectivity index (χ3v) is 3.20. The quantitative estimate of drug-likeness (QED) is 0.881. The minimum Gasteiger partial charge on any atom is -0.483 e. The lowest BCUT2D eigenvalue weighted by Gasteiger charge is -2.26. The monoisotopic (exact) mass is 249 g/mol. The van der Waals surface area contributed by atoms with E-state index in [0.29, 0.717) is 11.3 Å². The lowest BCUT2D eigenvalue weighted by molar-refractivity contribution is -0.134. The lowest BCUT2D eigenvalue weighted by Crippen LogP contribution is -2.38. The van der Waals surface area contributed by atoms with E-state index in [-0.39, 0.29) is 19.1 Å². The average Bonchev–Trinajstić information content (AvgIpc) is 2.46. The van der Waals surface area contributed by atoms with E-state index in [0.717, 1.165) is 25.9 Å². The van der Waals surface area contributed by atoms with Crippen molar-refractivity contribution in [1.82, 2.24) is 4.90 Å². The number of ether oxygens (including phenoxy) is 1. The molecule has 0 bridgehead atoms. The fourth-order valence-corrected chi connectivity index (χ4v) is 2.15. The molecule has 1 fully saturated rings. The van der Waals surface area contributed by atoms with Crippen LogP contribution in [0.3, 0.4) is 0 Å². The second kappa shape index (κ2) is 6.40. The van der Waals surface area contributed by atoms with Crippen LogP contribution in [-0.4, -0.2) is 35.6 Å². The molecular weight excluding hydrogens is 230 g/mol. The van der Waals surface area contributed by atoms with Crippen molar-refractivity contribution >= 4 is 5.91 Å². The molecule has 0 atom stereocenters. The molecule has 0 saturated carbocycles. The molecule has 1 aromatic rings. The Balaban J connectivity index is 1.88. The largest absolute Gasteiger partial charge is 0.483 e. The first kappa shape index (κ1) is 12.9. The molecule has 0 radical (unpaired) electrons. The topological polar surface area (TPSA) is 49.8 Å². The molecule has 0 aliphatic carbocycles. The van der Waals surface area contributed by atoms with Crippen molar-refractivity contribution in [1.29, 1.82) is 0 Å². The maximum absolute atomic E-state index is 11.9. The van der Waals surface area contributed by atoms with E-state index in [2.05, 4.69) is 0 Å². The SMILES string of the molecule is O=C(COc1ccccc1CO)N1CCCCC1. The minimum absolute atomic E-state index is 0.0300. The molecule has 1 aromatic carbocycles. The fraction of sp³-hybridized carbons (Fsp3) is 0.500. The Morgan fingerprint density at radius 2 is 1.94 bits per heavy atom. The lowest BCUT2D eigenvalue weighted by atomic mass is 10.1. The van der Waals surface area contributed by atoms with Crippen molar-refractivity contribution in [2.24, 2.45) is 0 Å². The van der Waals surface area contributed by atoms with Crippen LogP contribution in [0.5, 0.6) is 5.75 Å². The Bertz CT molecular complexity index is 400. The summed E-state index contributed by atoms with van der Waals surface area (Å²) in [6.07, 6.45) is 3.37. The van der Waals surface area contributed by atoms with Crippen LogP contribution in [0.1, 0.15) is 24.8 Å². The second-order valence-electron chi connectivity index (χ2n) is 4.50. The summed E-state index contributed by atoms with van der Waals surface area (Å²) in [6.45, 7) is 1.65. The summed E-state index contributed by atoms with van der Waals surface area (Å²) in [4.78, 5) is 13.8. The van der Waals surface area contributed by atoms with Gasteiger partial charge in [-0.2, -0.15) is 0 Å². The van der Waals surface area contributed by atoms with E-state index in [1.54, 1.807) is 12.1 Å². The number of aliphatic hydroxyl groups is 1. The van der Waals surface area contributed by atoms with Crippen molar-refractivity contribution in [3.8, 4) is 5.75 Å². The van der Waals surface area contributed by atoms with E-state index in [1.165, 1.54) is 6.42 Å². The Labute approximate surface area is 107 Å². The second-order valence-corrected chi connectivity index (χ2v) is 4.50. The van der Waals surface area contributed by atoms with Gasteiger partial charge in [0, 0.05) is 18.7 Å². The number of aliphatic hydroxyl groups excluding tert-OH is 1. The van der Waals surface area contributed by atoms with Crippen molar-refractivity contribution < 1.29 is 14.6 Å². The summed E-state index contributed by atoms with van der Waals surface area (Å²) in [5.74, 6) is 0.618. The first-order valence-corrected chi connectivity index (χ1v) is 6.40. The van der Waals surface area contributed by atoms with Gasteiger partial charge in [-0.3, -0.25) is 4.79 Å². The van der Waals surface area contributed by atoms with Gasteiger partial charge in [0.05, 0.1) is 6.61 Å². The molecule has 2 rings (SSSR count). The van der Waals surface area contributed by atoms with Gasteiger partial charge in [-0.15, -0.1) is 0 Å². The number of amides is 1. The summed E-state index contributed by atoms with van der Waals surface area (Å²) in [7, 11) is 0. The summed E-state index contributed by atoms with van der Waals surface area (Å²) in [6, 6.07) is 7.24. The van der Waals surface area contributed by atoms with E-state index >= 15 is 0 Å². The predicted octanol–water partition coefficient (Wildman–Crippen LogP) is 1.57. The third-order valence-electron chi connectivity index (χ3n) is 3.20. The van der Waals surface area contributed by atoms with Crippen LogP contribution in [-0.2, 0) is 11.4 Å². The van der Waals surface area contributed by atoms with E-state index in [9.17, 15) is 4.79 Å². The number of nitrogens with zero attached hydrogens (tertiary/aromatic N) is 1. The van der Waals surface area contributed by atoms with Gasteiger partial charge in [0.2, 0.25) is 0 Å². The highest BCUT2D eigenvalue weighted by atomic mass is 16.5. The maximum Gasteiger partial charge on any atom is 0.260 e. The van der Waals surface area contributed by atoms with Crippen molar-refractivity contribution in [3.63, 3.8) is 0 Å². The maximum atomic E-state index is 11.9. The standard InChI is InChI=1S/C14H19NO3/c16-10-12-6-2-3-7-13(12)18-11-14(17)15-8-4-1-5-9-15/h2-3,6-7,16H,1,4-5,8-11H2. The van der Waals surface area contributed by atoms with E-state index in [4.69, 9.17) is 9.84 Å². The molecule has 1 saturated heterocycles. The van der Waals surface area contributed by atoms with Crippen LogP contribution in [0.25, 0.3) is 0 Å². The Kier molecular flexibility index (Phi) is 4.59. The number of carbonyl (C=O) groups excluding carboxylic acids is 1. The third kappa shape index (κ3) is 3.23. The smallest absolute Gasteiger partial charge is 0.260 e.